The molecular formula is C12H15Cl2N. The van der Waals surface area contributed by atoms with Gasteiger partial charge in [0.05, 0.1) is 0 Å². The standard InChI is InChI=1S/C12H15Cl2N/c1-2-3-4-5-12(15)9-6-10(13)8-11(14)7-9/h2,6-8,12H,1,3-5,15H2. The Bertz CT molecular complexity index is 316. The van der Waals surface area contributed by atoms with Crippen molar-refractivity contribution in [1.82, 2.24) is 0 Å². The van der Waals surface area contributed by atoms with E-state index in [0.29, 0.717) is 10.0 Å². The molecule has 0 aliphatic carbocycles. The predicted octanol–water partition coefficient (Wildman–Crippen LogP) is 4.35. The van der Waals surface area contributed by atoms with E-state index in [1.54, 1.807) is 6.07 Å². The van der Waals surface area contributed by atoms with Gasteiger partial charge in [-0.2, -0.15) is 0 Å². The lowest BCUT2D eigenvalue weighted by Crippen LogP contribution is -2.09. The Labute approximate surface area is 101 Å². The van der Waals surface area contributed by atoms with Crippen molar-refractivity contribution in [1.29, 1.82) is 0 Å². The first-order valence-electron chi connectivity index (χ1n) is 4.96. The molecule has 1 rings (SSSR count). The van der Waals surface area contributed by atoms with Crippen LogP contribution in [0.4, 0.5) is 0 Å². The fourth-order valence-electron chi connectivity index (χ4n) is 1.44. The first kappa shape index (κ1) is 12.6. The van der Waals surface area contributed by atoms with Crippen LogP contribution in [0.1, 0.15) is 30.9 Å². The molecule has 0 aliphatic rings. The van der Waals surface area contributed by atoms with Gasteiger partial charge in [0.2, 0.25) is 0 Å². The summed E-state index contributed by atoms with van der Waals surface area (Å²) >= 11 is 11.8. The molecule has 0 aromatic heterocycles. The lowest BCUT2D eigenvalue weighted by molar-refractivity contribution is 0.617. The zero-order valence-corrected chi connectivity index (χ0v) is 10.1. The minimum atomic E-state index is 0.00106. The minimum absolute atomic E-state index is 0.00106. The molecule has 0 fully saturated rings. The summed E-state index contributed by atoms with van der Waals surface area (Å²) in [6.45, 7) is 3.68. The summed E-state index contributed by atoms with van der Waals surface area (Å²) in [5.41, 5.74) is 7.02. The Morgan fingerprint density at radius 2 is 1.87 bits per heavy atom. The molecule has 1 nitrogen and oxygen atoms in total. The molecule has 1 atom stereocenters. The molecule has 0 aliphatic heterocycles. The zero-order valence-electron chi connectivity index (χ0n) is 8.55. The molecule has 0 bridgehead atoms. The third-order valence-corrected chi connectivity index (χ3v) is 2.67. The quantitative estimate of drug-likeness (QED) is 0.604. The van der Waals surface area contributed by atoms with E-state index >= 15 is 0 Å². The maximum absolute atomic E-state index is 6.02. The van der Waals surface area contributed by atoms with E-state index < -0.39 is 0 Å². The topological polar surface area (TPSA) is 26.0 Å². The van der Waals surface area contributed by atoms with Gasteiger partial charge in [-0.1, -0.05) is 29.3 Å². The Kier molecular flexibility index (Phi) is 5.16. The highest BCUT2D eigenvalue weighted by atomic mass is 35.5. The Morgan fingerprint density at radius 1 is 1.27 bits per heavy atom. The third-order valence-electron chi connectivity index (χ3n) is 2.24. The van der Waals surface area contributed by atoms with Crippen molar-refractivity contribution in [2.45, 2.75) is 25.3 Å². The summed E-state index contributed by atoms with van der Waals surface area (Å²) in [6, 6.07) is 5.45. The average Bonchev–Trinajstić information content (AvgIpc) is 2.16. The highest BCUT2D eigenvalue weighted by molar-refractivity contribution is 6.34. The fourth-order valence-corrected chi connectivity index (χ4v) is 1.98. The lowest BCUT2D eigenvalue weighted by Gasteiger charge is -2.12. The highest BCUT2D eigenvalue weighted by Gasteiger charge is 2.07. The smallest absolute Gasteiger partial charge is 0.0424 e. The maximum atomic E-state index is 6.02. The van der Waals surface area contributed by atoms with Crippen molar-refractivity contribution in [3.8, 4) is 0 Å². The van der Waals surface area contributed by atoms with Crippen molar-refractivity contribution < 1.29 is 0 Å². The molecule has 1 aromatic rings. The van der Waals surface area contributed by atoms with E-state index in [2.05, 4.69) is 6.58 Å². The number of unbranched alkanes of at least 4 members (excludes halogenated alkanes) is 1. The highest BCUT2D eigenvalue weighted by Crippen LogP contribution is 2.24. The molecule has 0 spiro atoms. The number of rotatable bonds is 5. The normalized spacial score (nSPS) is 12.5. The second kappa shape index (κ2) is 6.16. The van der Waals surface area contributed by atoms with Gasteiger partial charge in [-0.25, -0.2) is 0 Å². The molecule has 3 heteroatoms. The van der Waals surface area contributed by atoms with Crippen LogP contribution in [0.2, 0.25) is 10.0 Å². The summed E-state index contributed by atoms with van der Waals surface area (Å²) in [4.78, 5) is 0. The van der Waals surface area contributed by atoms with Crippen LogP contribution in [0, 0.1) is 0 Å². The van der Waals surface area contributed by atoms with Gasteiger partial charge < -0.3 is 5.73 Å². The van der Waals surface area contributed by atoms with Crippen LogP contribution in [-0.4, -0.2) is 0 Å². The van der Waals surface area contributed by atoms with Crippen LogP contribution in [0.15, 0.2) is 30.9 Å². The van der Waals surface area contributed by atoms with E-state index in [1.807, 2.05) is 18.2 Å². The van der Waals surface area contributed by atoms with Crippen LogP contribution < -0.4 is 5.73 Å². The SMILES string of the molecule is C=CCCCC(N)c1cc(Cl)cc(Cl)c1. The average molecular weight is 244 g/mol. The molecule has 2 N–H and O–H groups in total. The largest absolute Gasteiger partial charge is 0.324 e. The summed E-state index contributed by atoms with van der Waals surface area (Å²) < 4.78 is 0. The van der Waals surface area contributed by atoms with Crippen molar-refractivity contribution in [2.24, 2.45) is 5.73 Å². The Balaban J connectivity index is 2.64. The van der Waals surface area contributed by atoms with Gasteiger partial charge in [0.1, 0.15) is 0 Å². The molecular weight excluding hydrogens is 229 g/mol. The molecule has 82 valence electrons. The monoisotopic (exact) mass is 243 g/mol. The Hall–Kier alpha value is -0.500. The van der Waals surface area contributed by atoms with E-state index in [4.69, 9.17) is 28.9 Å². The Morgan fingerprint density at radius 3 is 2.40 bits per heavy atom. The van der Waals surface area contributed by atoms with Crippen LogP contribution in [0.25, 0.3) is 0 Å². The molecule has 15 heavy (non-hydrogen) atoms. The van der Waals surface area contributed by atoms with Crippen molar-refractivity contribution >= 4 is 23.2 Å². The van der Waals surface area contributed by atoms with Crippen molar-refractivity contribution in [3.05, 3.63) is 46.5 Å². The second-order valence-electron chi connectivity index (χ2n) is 3.53. The summed E-state index contributed by atoms with van der Waals surface area (Å²) in [5.74, 6) is 0. The number of allylic oxidation sites excluding steroid dienone is 1. The van der Waals surface area contributed by atoms with E-state index in [9.17, 15) is 0 Å². The maximum Gasteiger partial charge on any atom is 0.0424 e. The minimum Gasteiger partial charge on any atom is -0.324 e. The number of hydrogen-bond donors (Lipinski definition) is 1. The number of benzene rings is 1. The van der Waals surface area contributed by atoms with Gasteiger partial charge in [0.15, 0.2) is 0 Å². The van der Waals surface area contributed by atoms with E-state index in [0.717, 1.165) is 24.8 Å². The first-order chi connectivity index (χ1) is 7.13. The van der Waals surface area contributed by atoms with E-state index in [-0.39, 0.29) is 6.04 Å². The molecule has 0 saturated heterocycles. The van der Waals surface area contributed by atoms with Crippen LogP contribution in [-0.2, 0) is 0 Å². The van der Waals surface area contributed by atoms with Crippen LogP contribution >= 0.6 is 23.2 Å². The molecule has 1 unspecified atom stereocenters. The number of nitrogens with two attached hydrogens (primary N) is 1. The van der Waals surface area contributed by atoms with Gasteiger partial charge in [-0.05, 0) is 43.0 Å². The summed E-state index contributed by atoms with van der Waals surface area (Å²) in [7, 11) is 0. The van der Waals surface area contributed by atoms with Crippen LogP contribution in [0.3, 0.4) is 0 Å². The molecule has 0 saturated carbocycles. The van der Waals surface area contributed by atoms with Gasteiger partial charge in [-0.15, -0.1) is 6.58 Å². The molecule has 0 heterocycles. The van der Waals surface area contributed by atoms with E-state index in [1.165, 1.54) is 0 Å². The lowest BCUT2D eigenvalue weighted by atomic mass is 10.0. The second-order valence-corrected chi connectivity index (χ2v) is 4.40. The fraction of sp³-hybridized carbons (Fsp3) is 0.333. The van der Waals surface area contributed by atoms with Crippen molar-refractivity contribution in [3.63, 3.8) is 0 Å². The number of halogens is 2. The van der Waals surface area contributed by atoms with Gasteiger partial charge >= 0.3 is 0 Å². The molecule has 1 aromatic carbocycles. The predicted molar refractivity (Wildman–Crippen MR) is 67.4 cm³/mol. The number of hydrogen-bond acceptors (Lipinski definition) is 1. The molecule has 0 radical (unpaired) electrons. The zero-order chi connectivity index (χ0) is 11.3. The van der Waals surface area contributed by atoms with Gasteiger partial charge in [-0.3, -0.25) is 0 Å². The summed E-state index contributed by atoms with van der Waals surface area (Å²) in [5, 5.41) is 1.27. The summed E-state index contributed by atoms with van der Waals surface area (Å²) in [6.07, 6.45) is 4.84. The van der Waals surface area contributed by atoms with Crippen LogP contribution in [0.5, 0.6) is 0 Å². The van der Waals surface area contributed by atoms with Gasteiger partial charge in [0, 0.05) is 16.1 Å². The van der Waals surface area contributed by atoms with Gasteiger partial charge in [0.25, 0.3) is 0 Å². The molecule has 0 amide bonds. The third kappa shape index (κ3) is 4.25. The first-order valence-corrected chi connectivity index (χ1v) is 5.71. The van der Waals surface area contributed by atoms with Crippen molar-refractivity contribution in [2.75, 3.05) is 0 Å².